The van der Waals surface area contributed by atoms with E-state index in [-0.39, 0.29) is 0 Å². The van der Waals surface area contributed by atoms with E-state index in [1.54, 1.807) is 0 Å². The molecule has 0 radical (unpaired) electrons. The van der Waals surface area contributed by atoms with Gasteiger partial charge in [0, 0.05) is 16.7 Å². The lowest BCUT2D eigenvalue weighted by Crippen LogP contribution is -2.03. The molecule has 10 rings (SSSR count). The van der Waals surface area contributed by atoms with Crippen LogP contribution in [0.15, 0.2) is 127 Å². The maximum Gasteiger partial charge on any atom is 0.164 e. The molecule has 0 fully saturated rings. The summed E-state index contributed by atoms with van der Waals surface area (Å²) in [5.74, 6) is 1.86. The van der Waals surface area contributed by atoms with Gasteiger partial charge in [0.2, 0.25) is 0 Å². The minimum Gasteiger partial charge on any atom is -0.208 e. The van der Waals surface area contributed by atoms with E-state index in [9.17, 15) is 0 Å². The highest BCUT2D eigenvalue weighted by Crippen LogP contribution is 2.48. The molecule has 0 amide bonds. The third kappa shape index (κ3) is 9.85. The van der Waals surface area contributed by atoms with Crippen LogP contribution in [0.1, 0.15) is 100 Å². The van der Waals surface area contributed by atoms with Crippen LogP contribution in [0, 0.1) is 125 Å². The third-order valence-electron chi connectivity index (χ3n) is 17.8. The van der Waals surface area contributed by atoms with Crippen LogP contribution >= 0.6 is 0 Å². The van der Waals surface area contributed by atoms with Crippen molar-refractivity contribution in [3.05, 3.63) is 228 Å². The first-order chi connectivity index (χ1) is 37.1. The molecule has 0 N–H and O–H groups in total. The number of aromatic nitrogens is 3. The SMILES string of the molecule is Cc1cc(-c2cc(-c3nc(-c4ccccc4)nc(-c4cc(-c5cc(C)c(C)c(C)c5)c(-c5cc(C)c(C)c(C)c5)c(-c5cc(C)c(C)c(C)c5)c4)n3)cc(-c3cc(C)c(C)c(C)c3)c2-c2cc(C)c(C)c(C)c2)cc(C)c1C. The molecule has 0 saturated heterocycles. The maximum atomic E-state index is 5.70. The largest absolute Gasteiger partial charge is 0.208 e. The first-order valence-corrected chi connectivity index (χ1v) is 27.7. The van der Waals surface area contributed by atoms with Gasteiger partial charge < -0.3 is 0 Å². The lowest BCUT2D eigenvalue weighted by Gasteiger charge is -2.23. The van der Waals surface area contributed by atoms with E-state index in [0.29, 0.717) is 17.5 Å². The highest BCUT2D eigenvalue weighted by molar-refractivity contribution is 6.00. The van der Waals surface area contributed by atoms with E-state index in [0.717, 1.165) is 38.9 Å². The molecule has 78 heavy (non-hydrogen) atoms. The molecule has 0 bridgehead atoms. The van der Waals surface area contributed by atoms with Crippen molar-refractivity contribution in [1.29, 1.82) is 0 Å². The predicted molar refractivity (Wildman–Crippen MR) is 334 cm³/mol. The molecule has 0 aliphatic carbocycles. The van der Waals surface area contributed by atoms with E-state index >= 15 is 0 Å². The molecule has 390 valence electrons. The summed E-state index contributed by atoms with van der Waals surface area (Å²) in [6, 6.07) is 48.3. The minimum atomic E-state index is 0.617. The first kappa shape index (κ1) is 53.4. The summed E-state index contributed by atoms with van der Waals surface area (Å²) in [5, 5.41) is 0. The second kappa shape index (κ2) is 20.7. The summed E-state index contributed by atoms with van der Waals surface area (Å²) in [5.41, 5.74) is 39.9. The Balaban J connectivity index is 1.36. The quantitative estimate of drug-likeness (QED) is 0.145. The van der Waals surface area contributed by atoms with Crippen LogP contribution in [0.5, 0.6) is 0 Å². The van der Waals surface area contributed by atoms with Crippen LogP contribution < -0.4 is 0 Å². The fourth-order valence-electron chi connectivity index (χ4n) is 11.6. The minimum absolute atomic E-state index is 0.617. The standard InChI is InChI=1S/C75H75N3/c1-40-24-59(25-41(2)52(40)13)67-36-65(37-68(60-26-42(3)53(14)43(4)27-60)71(67)63-32-48(9)56(17)49(10)33-63)74-76-73(58-22-20-19-21-23-58)77-75(78-74)66-38-69(61-28-44(5)54(15)45(6)29-61)72(64-34-50(11)57(18)51(12)35-64)70(39-66)62-30-46(7)55(16)47(8)31-62/h19-39H,1-18H3. The van der Waals surface area contributed by atoms with E-state index in [1.807, 2.05) is 0 Å². The van der Waals surface area contributed by atoms with Gasteiger partial charge in [-0.05, 0) is 316 Å². The summed E-state index contributed by atoms with van der Waals surface area (Å²) in [7, 11) is 0. The van der Waals surface area contributed by atoms with Crippen molar-refractivity contribution in [2.24, 2.45) is 0 Å². The molecular formula is C75H75N3. The lowest BCUT2D eigenvalue weighted by atomic mass is 9.82. The zero-order valence-corrected chi connectivity index (χ0v) is 49.5. The van der Waals surface area contributed by atoms with Crippen LogP contribution in [0.2, 0.25) is 0 Å². The summed E-state index contributed by atoms with van der Waals surface area (Å²) >= 11 is 0. The topological polar surface area (TPSA) is 38.7 Å². The van der Waals surface area contributed by atoms with Gasteiger partial charge in [-0.3, -0.25) is 0 Å². The van der Waals surface area contributed by atoms with E-state index in [4.69, 9.17) is 15.0 Å². The van der Waals surface area contributed by atoms with Crippen molar-refractivity contribution in [1.82, 2.24) is 15.0 Å². The van der Waals surface area contributed by atoms with Gasteiger partial charge in [-0.25, -0.2) is 15.0 Å². The molecule has 0 aliphatic rings. The van der Waals surface area contributed by atoms with Crippen molar-refractivity contribution in [2.45, 2.75) is 125 Å². The average Bonchev–Trinajstić information content (AvgIpc) is 3.47. The monoisotopic (exact) mass is 1020 g/mol. The van der Waals surface area contributed by atoms with E-state index in [2.05, 4.69) is 252 Å². The first-order valence-electron chi connectivity index (χ1n) is 27.7. The zero-order chi connectivity index (χ0) is 55.8. The Morgan fingerprint density at radius 2 is 0.385 bits per heavy atom. The summed E-state index contributed by atoms with van der Waals surface area (Å²) < 4.78 is 0. The van der Waals surface area contributed by atoms with Crippen LogP contribution in [0.3, 0.4) is 0 Å². The molecule has 3 nitrogen and oxygen atoms in total. The number of rotatable bonds is 9. The van der Waals surface area contributed by atoms with Crippen molar-refractivity contribution in [3.8, 4) is 101 Å². The van der Waals surface area contributed by atoms with Crippen molar-refractivity contribution in [3.63, 3.8) is 0 Å². The van der Waals surface area contributed by atoms with Gasteiger partial charge in [0.25, 0.3) is 0 Å². The average molecular weight is 1020 g/mol. The van der Waals surface area contributed by atoms with Gasteiger partial charge >= 0.3 is 0 Å². The molecule has 0 spiro atoms. The molecule has 0 atom stereocenters. The van der Waals surface area contributed by atoms with E-state index < -0.39 is 0 Å². The Labute approximate surface area is 465 Å². The Morgan fingerprint density at radius 3 is 0.603 bits per heavy atom. The van der Waals surface area contributed by atoms with Crippen molar-refractivity contribution < 1.29 is 0 Å². The van der Waals surface area contributed by atoms with Crippen molar-refractivity contribution in [2.75, 3.05) is 0 Å². The summed E-state index contributed by atoms with van der Waals surface area (Å²) in [6.45, 7) is 40.2. The number of hydrogen-bond donors (Lipinski definition) is 0. The molecular weight excluding hydrogens is 943 g/mol. The Hall–Kier alpha value is -8.01. The van der Waals surface area contributed by atoms with Crippen LogP contribution in [0.25, 0.3) is 101 Å². The second-order valence-corrected chi connectivity index (χ2v) is 23.0. The summed E-state index contributed by atoms with van der Waals surface area (Å²) in [6.07, 6.45) is 0. The van der Waals surface area contributed by atoms with Gasteiger partial charge in [0.1, 0.15) is 0 Å². The number of nitrogens with zero attached hydrogens (tertiary/aromatic N) is 3. The van der Waals surface area contributed by atoms with E-state index in [1.165, 1.54) is 145 Å². The van der Waals surface area contributed by atoms with Gasteiger partial charge in [0.15, 0.2) is 17.5 Å². The molecule has 9 aromatic carbocycles. The molecule has 10 aromatic rings. The molecule has 0 aliphatic heterocycles. The van der Waals surface area contributed by atoms with Crippen LogP contribution in [-0.4, -0.2) is 15.0 Å². The van der Waals surface area contributed by atoms with Gasteiger partial charge in [0.05, 0.1) is 0 Å². The normalized spacial score (nSPS) is 11.5. The van der Waals surface area contributed by atoms with Crippen LogP contribution in [0.4, 0.5) is 0 Å². The fraction of sp³-hybridized carbons (Fsp3) is 0.240. The van der Waals surface area contributed by atoms with Gasteiger partial charge in [-0.2, -0.15) is 0 Å². The van der Waals surface area contributed by atoms with Crippen molar-refractivity contribution >= 4 is 0 Å². The third-order valence-corrected chi connectivity index (χ3v) is 17.8. The predicted octanol–water partition coefficient (Wildman–Crippen LogP) is 20.4. The summed E-state index contributed by atoms with van der Waals surface area (Å²) in [4.78, 5) is 16.7. The molecule has 3 heteroatoms. The highest BCUT2D eigenvalue weighted by Gasteiger charge is 2.25. The number of aryl methyl sites for hydroxylation is 12. The molecule has 1 aromatic heterocycles. The fourth-order valence-corrected chi connectivity index (χ4v) is 11.6. The lowest BCUT2D eigenvalue weighted by molar-refractivity contribution is 1.07. The maximum absolute atomic E-state index is 5.70. The van der Waals surface area contributed by atoms with Gasteiger partial charge in [-0.15, -0.1) is 0 Å². The highest BCUT2D eigenvalue weighted by atomic mass is 15.0. The Kier molecular flexibility index (Phi) is 14.2. The number of hydrogen-bond acceptors (Lipinski definition) is 3. The molecule has 0 saturated carbocycles. The van der Waals surface area contributed by atoms with Gasteiger partial charge in [-0.1, -0.05) is 103 Å². The zero-order valence-electron chi connectivity index (χ0n) is 49.5. The second-order valence-electron chi connectivity index (χ2n) is 23.0. The Morgan fingerprint density at radius 1 is 0.192 bits per heavy atom. The number of benzene rings is 9. The smallest absolute Gasteiger partial charge is 0.164 e. The molecule has 0 unspecified atom stereocenters. The molecule has 1 heterocycles. The Bertz CT molecular complexity index is 3550. The van der Waals surface area contributed by atoms with Crippen LogP contribution in [-0.2, 0) is 0 Å².